The van der Waals surface area contributed by atoms with Crippen LogP contribution in [-0.2, 0) is 16.1 Å². The maximum atomic E-state index is 11.5. The highest BCUT2D eigenvalue weighted by Gasteiger charge is 2.45. The molecule has 4 atom stereocenters. The van der Waals surface area contributed by atoms with E-state index in [2.05, 4.69) is 27.7 Å². The Morgan fingerprint density at radius 1 is 0.906 bits per heavy atom. The number of para-hydroxylation sites is 2. The number of rotatable bonds is 4. The fourth-order valence-corrected chi connectivity index (χ4v) is 7.91. The van der Waals surface area contributed by atoms with Gasteiger partial charge in [0.2, 0.25) is 0 Å². The molecular formula is C27H37N3O2. The van der Waals surface area contributed by atoms with E-state index in [0.29, 0.717) is 18.1 Å². The van der Waals surface area contributed by atoms with Crippen LogP contribution in [0, 0.1) is 11.8 Å². The van der Waals surface area contributed by atoms with Gasteiger partial charge in [-0.25, -0.2) is 4.98 Å². The van der Waals surface area contributed by atoms with Crippen molar-refractivity contribution in [3.05, 3.63) is 30.1 Å². The third kappa shape index (κ3) is 3.76. The van der Waals surface area contributed by atoms with Gasteiger partial charge in [0.1, 0.15) is 12.4 Å². The second kappa shape index (κ2) is 8.48. The van der Waals surface area contributed by atoms with Gasteiger partial charge in [-0.2, -0.15) is 0 Å². The summed E-state index contributed by atoms with van der Waals surface area (Å²) in [5, 5.41) is 0. The van der Waals surface area contributed by atoms with Gasteiger partial charge in [-0.15, -0.1) is 0 Å². The molecule has 4 fully saturated rings. The third-order valence-corrected chi connectivity index (χ3v) is 8.97. The van der Waals surface area contributed by atoms with E-state index in [-0.39, 0.29) is 12.6 Å². The molecule has 0 radical (unpaired) electrons. The molecule has 2 aromatic rings. The highest BCUT2D eigenvalue weighted by molar-refractivity contribution is 5.76. The average Bonchev–Trinajstić information content (AvgIpc) is 3.15. The Labute approximate surface area is 191 Å². The van der Waals surface area contributed by atoms with Gasteiger partial charge in [0.25, 0.3) is 0 Å². The van der Waals surface area contributed by atoms with Crippen LogP contribution in [0.3, 0.4) is 0 Å². The van der Waals surface area contributed by atoms with Gasteiger partial charge < -0.3 is 9.30 Å². The zero-order chi connectivity index (χ0) is 21.7. The highest BCUT2D eigenvalue weighted by Crippen LogP contribution is 2.48. The Morgan fingerprint density at radius 2 is 1.59 bits per heavy atom. The molecule has 5 heteroatoms. The summed E-state index contributed by atoms with van der Waals surface area (Å²) in [6.45, 7) is 1.75. The number of benzene rings is 1. The van der Waals surface area contributed by atoms with Crippen LogP contribution >= 0.6 is 0 Å². The van der Waals surface area contributed by atoms with Gasteiger partial charge >= 0.3 is 5.97 Å². The van der Waals surface area contributed by atoms with E-state index in [1.165, 1.54) is 83.1 Å². The number of imidazole rings is 1. The lowest BCUT2D eigenvalue weighted by Gasteiger charge is -2.55. The summed E-state index contributed by atoms with van der Waals surface area (Å²) in [4.78, 5) is 19.4. The van der Waals surface area contributed by atoms with E-state index >= 15 is 0 Å². The maximum absolute atomic E-state index is 11.5. The number of piperidine rings is 2. The molecule has 2 aliphatic carbocycles. The lowest BCUT2D eigenvalue weighted by molar-refractivity contribution is -0.142. The minimum absolute atomic E-state index is 0.238. The Morgan fingerprint density at radius 3 is 2.31 bits per heavy atom. The first kappa shape index (κ1) is 20.7. The van der Waals surface area contributed by atoms with E-state index in [4.69, 9.17) is 9.72 Å². The van der Waals surface area contributed by atoms with Crippen molar-refractivity contribution in [1.82, 2.24) is 14.5 Å². The first-order valence-electron chi connectivity index (χ1n) is 13.0. The van der Waals surface area contributed by atoms with Gasteiger partial charge in [-0.05, 0) is 68.9 Å². The van der Waals surface area contributed by atoms with Crippen molar-refractivity contribution < 1.29 is 9.53 Å². The molecule has 1 aromatic carbocycles. The van der Waals surface area contributed by atoms with E-state index in [9.17, 15) is 4.79 Å². The van der Waals surface area contributed by atoms with E-state index in [1.54, 1.807) is 0 Å². The van der Waals surface area contributed by atoms with Crippen molar-refractivity contribution in [3.63, 3.8) is 0 Å². The van der Waals surface area contributed by atoms with E-state index in [1.807, 2.05) is 6.07 Å². The summed E-state index contributed by atoms with van der Waals surface area (Å²) >= 11 is 0. The van der Waals surface area contributed by atoms with Crippen molar-refractivity contribution in [2.45, 2.75) is 108 Å². The van der Waals surface area contributed by atoms with Crippen LogP contribution in [0.2, 0.25) is 0 Å². The summed E-state index contributed by atoms with van der Waals surface area (Å²) in [7, 11) is 0. The van der Waals surface area contributed by atoms with Crippen molar-refractivity contribution in [2.24, 2.45) is 11.8 Å². The number of ether oxygens (including phenoxy) is 1. The molecule has 4 aliphatic rings. The van der Waals surface area contributed by atoms with Gasteiger partial charge in [0.15, 0.2) is 0 Å². The van der Waals surface area contributed by atoms with Crippen LogP contribution in [0.4, 0.5) is 0 Å². The van der Waals surface area contributed by atoms with Crippen LogP contribution in [0.15, 0.2) is 24.3 Å². The number of fused-ring (bicyclic) bond motifs is 5. The van der Waals surface area contributed by atoms with Gasteiger partial charge in [-0.1, -0.05) is 37.8 Å². The van der Waals surface area contributed by atoms with Gasteiger partial charge in [-0.3, -0.25) is 9.69 Å². The van der Waals surface area contributed by atoms with Crippen molar-refractivity contribution in [3.8, 4) is 0 Å². The molecule has 4 bridgehead atoms. The topological polar surface area (TPSA) is 47.4 Å². The predicted molar refractivity (Wildman–Crippen MR) is 125 cm³/mol. The second-order valence-corrected chi connectivity index (χ2v) is 11.0. The summed E-state index contributed by atoms with van der Waals surface area (Å²) in [5.41, 5.74) is 2.21. The minimum Gasteiger partial charge on any atom is -0.458 e. The van der Waals surface area contributed by atoms with Crippen molar-refractivity contribution >= 4 is 17.0 Å². The molecular weight excluding hydrogens is 398 g/mol. The van der Waals surface area contributed by atoms with Crippen molar-refractivity contribution in [1.29, 1.82) is 0 Å². The van der Waals surface area contributed by atoms with E-state index in [0.717, 1.165) is 29.2 Å². The van der Waals surface area contributed by atoms with Crippen LogP contribution in [0.1, 0.15) is 89.4 Å². The van der Waals surface area contributed by atoms with E-state index < -0.39 is 0 Å². The molecule has 2 aliphatic heterocycles. The smallest absolute Gasteiger partial charge is 0.303 e. The number of carbonyl (C=O) groups excluding carboxylic acids is 1. The van der Waals surface area contributed by atoms with Crippen LogP contribution in [0.25, 0.3) is 11.0 Å². The van der Waals surface area contributed by atoms with Gasteiger partial charge in [0, 0.05) is 31.1 Å². The number of hydrogen-bond acceptors (Lipinski definition) is 4. The standard InChI is InChI=1S/C27H37N3O2/c1-18(31)32-17-27-28-25-10-2-3-11-26(25)30(27)24-15-21-8-5-9-22(16-24)29(21)23-13-19-6-4-7-20(12-19)14-23/h2-3,10-11,19-24H,4-9,12-17H2,1H3. The quantitative estimate of drug-likeness (QED) is 0.584. The number of esters is 1. The van der Waals surface area contributed by atoms with Crippen molar-refractivity contribution in [2.75, 3.05) is 0 Å². The fourth-order valence-electron chi connectivity index (χ4n) is 7.91. The molecule has 32 heavy (non-hydrogen) atoms. The Kier molecular flexibility index (Phi) is 5.49. The summed E-state index contributed by atoms with van der Waals surface area (Å²) in [5.74, 6) is 2.64. The van der Waals surface area contributed by atoms with Crippen LogP contribution in [0.5, 0.6) is 0 Å². The normalized spacial score (nSPS) is 35.0. The predicted octanol–water partition coefficient (Wildman–Crippen LogP) is 5.63. The molecule has 4 unspecified atom stereocenters. The second-order valence-electron chi connectivity index (χ2n) is 11.0. The maximum Gasteiger partial charge on any atom is 0.303 e. The number of hydrogen-bond donors (Lipinski definition) is 0. The molecule has 0 N–H and O–H groups in total. The molecule has 0 spiro atoms. The molecule has 2 saturated carbocycles. The first-order chi connectivity index (χ1) is 15.7. The lowest BCUT2D eigenvalue weighted by atomic mass is 9.68. The Hall–Kier alpha value is -1.88. The monoisotopic (exact) mass is 435 g/mol. The fraction of sp³-hybridized carbons (Fsp3) is 0.704. The van der Waals surface area contributed by atoms with Crippen LogP contribution < -0.4 is 0 Å². The molecule has 2 saturated heterocycles. The van der Waals surface area contributed by atoms with Gasteiger partial charge in [0.05, 0.1) is 11.0 Å². The first-order valence-corrected chi connectivity index (χ1v) is 13.0. The average molecular weight is 436 g/mol. The SMILES string of the molecule is CC(=O)OCc1nc2ccccc2n1C1CC2CCCC(C1)N2C1CC2CCCC(C2)C1. The third-order valence-electron chi connectivity index (χ3n) is 8.97. The number of carbonyl (C=O) groups is 1. The molecule has 3 heterocycles. The molecule has 172 valence electrons. The Balaban J connectivity index is 1.28. The number of nitrogens with zero attached hydrogens (tertiary/aromatic N) is 3. The zero-order valence-corrected chi connectivity index (χ0v) is 19.4. The van der Waals surface area contributed by atoms with Crippen LogP contribution in [-0.4, -0.2) is 38.5 Å². The molecule has 0 amide bonds. The summed E-state index contributed by atoms with van der Waals surface area (Å²) in [6, 6.07) is 11.1. The molecule has 6 rings (SSSR count). The number of aromatic nitrogens is 2. The zero-order valence-electron chi connectivity index (χ0n) is 19.4. The lowest BCUT2D eigenvalue weighted by Crippen LogP contribution is -2.58. The molecule has 5 nitrogen and oxygen atoms in total. The minimum atomic E-state index is -0.238. The molecule has 1 aromatic heterocycles. The highest BCUT2D eigenvalue weighted by atomic mass is 16.5. The Bertz CT molecular complexity index is 958. The summed E-state index contributed by atoms with van der Waals surface area (Å²) in [6.07, 6.45) is 15.3. The largest absolute Gasteiger partial charge is 0.458 e. The summed E-state index contributed by atoms with van der Waals surface area (Å²) < 4.78 is 7.84.